The number of nitrogens with two attached hydrogens (primary N) is 1. The van der Waals surface area contributed by atoms with Gasteiger partial charge in [-0.05, 0) is 24.6 Å². The van der Waals surface area contributed by atoms with Crippen LogP contribution in [-0.2, 0) is 4.74 Å². The number of hydrogen-bond donors (Lipinski definition) is 1. The van der Waals surface area contributed by atoms with Gasteiger partial charge in [-0.25, -0.2) is 0 Å². The van der Waals surface area contributed by atoms with Crippen molar-refractivity contribution in [2.75, 3.05) is 37.4 Å². The molecule has 1 rings (SSSR count). The van der Waals surface area contributed by atoms with E-state index in [0.717, 1.165) is 17.8 Å². The fourth-order valence-electron chi connectivity index (χ4n) is 1.77. The van der Waals surface area contributed by atoms with Crippen LogP contribution in [0.2, 0.25) is 5.02 Å². The van der Waals surface area contributed by atoms with E-state index < -0.39 is 0 Å². The number of aryl methyl sites for hydroxylation is 1. The maximum Gasteiger partial charge on any atom is 0.0656 e. The molecule has 1 aromatic rings. The Morgan fingerprint density at radius 3 is 2.78 bits per heavy atom. The molecule has 0 amide bonds. The van der Waals surface area contributed by atoms with Gasteiger partial charge in [-0.3, -0.25) is 0 Å². The van der Waals surface area contributed by atoms with Crippen LogP contribution in [0, 0.1) is 18.3 Å². The third-order valence-corrected chi connectivity index (χ3v) is 3.04. The molecule has 0 heterocycles. The molecule has 4 nitrogen and oxygen atoms in total. The predicted octanol–water partition coefficient (Wildman–Crippen LogP) is 2.60. The van der Waals surface area contributed by atoms with Crippen molar-refractivity contribution in [2.24, 2.45) is 0 Å². The van der Waals surface area contributed by atoms with E-state index >= 15 is 0 Å². The molecule has 0 saturated heterocycles. The highest BCUT2D eigenvalue weighted by molar-refractivity contribution is 6.33. The van der Waals surface area contributed by atoms with Crippen molar-refractivity contribution in [3.8, 4) is 6.07 Å². The molecule has 0 atom stereocenters. The fraction of sp³-hybridized carbons (Fsp3) is 0.462. The average molecular weight is 268 g/mol. The molecule has 0 fully saturated rings. The lowest BCUT2D eigenvalue weighted by molar-refractivity contribution is 0.205. The third kappa shape index (κ3) is 3.80. The lowest BCUT2D eigenvalue weighted by Crippen LogP contribution is -2.28. The molecule has 5 heteroatoms. The van der Waals surface area contributed by atoms with Crippen LogP contribution in [0.3, 0.4) is 0 Å². The van der Waals surface area contributed by atoms with Gasteiger partial charge in [0.2, 0.25) is 0 Å². The first-order valence-corrected chi connectivity index (χ1v) is 6.14. The lowest BCUT2D eigenvalue weighted by atomic mass is 10.1. The largest absolute Gasteiger partial charge is 0.398 e. The van der Waals surface area contributed by atoms with Gasteiger partial charge >= 0.3 is 0 Å². The maximum atomic E-state index is 8.70. The Kier molecular flexibility index (Phi) is 5.76. The second-order valence-electron chi connectivity index (χ2n) is 4.05. The van der Waals surface area contributed by atoms with Crippen LogP contribution < -0.4 is 10.6 Å². The van der Waals surface area contributed by atoms with E-state index in [1.807, 2.05) is 19.1 Å². The number of nitriles is 1. The normalized spacial score (nSPS) is 10.1. The Hall–Kier alpha value is -1.44. The van der Waals surface area contributed by atoms with Crippen molar-refractivity contribution in [1.82, 2.24) is 0 Å². The minimum atomic E-state index is 0.463. The number of anilines is 2. The maximum absolute atomic E-state index is 8.70. The molecule has 0 aliphatic carbocycles. The highest BCUT2D eigenvalue weighted by Crippen LogP contribution is 2.29. The fourth-order valence-corrected chi connectivity index (χ4v) is 1.93. The van der Waals surface area contributed by atoms with Gasteiger partial charge in [-0.1, -0.05) is 11.6 Å². The zero-order valence-electron chi connectivity index (χ0n) is 10.7. The Labute approximate surface area is 113 Å². The minimum absolute atomic E-state index is 0.463. The molecule has 0 radical (unpaired) electrons. The van der Waals surface area contributed by atoms with E-state index in [9.17, 15) is 0 Å². The molecule has 2 N–H and O–H groups in total. The van der Waals surface area contributed by atoms with Crippen molar-refractivity contribution in [2.45, 2.75) is 13.3 Å². The van der Waals surface area contributed by atoms with E-state index in [0.29, 0.717) is 30.3 Å². The minimum Gasteiger partial charge on any atom is -0.398 e. The first-order valence-electron chi connectivity index (χ1n) is 5.76. The van der Waals surface area contributed by atoms with E-state index in [1.54, 1.807) is 7.11 Å². The van der Waals surface area contributed by atoms with E-state index in [1.165, 1.54) is 0 Å². The summed E-state index contributed by atoms with van der Waals surface area (Å²) in [6.45, 7) is 3.96. The highest BCUT2D eigenvalue weighted by Gasteiger charge is 2.11. The Balaban J connectivity index is 2.96. The Bertz CT molecular complexity index is 443. The van der Waals surface area contributed by atoms with Crippen molar-refractivity contribution >= 4 is 23.0 Å². The topological polar surface area (TPSA) is 62.3 Å². The number of halogens is 1. The Morgan fingerprint density at radius 1 is 1.44 bits per heavy atom. The van der Waals surface area contributed by atoms with Gasteiger partial charge in [0.25, 0.3) is 0 Å². The van der Waals surface area contributed by atoms with E-state index in [4.69, 9.17) is 27.3 Å². The van der Waals surface area contributed by atoms with Crippen molar-refractivity contribution in [1.29, 1.82) is 5.26 Å². The van der Waals surface area contributed by atoms with Gasteiger partial charge in [-0.2, -0.15) is 5.26 Å². The van der Waals surface area contributed by atoms with Crippen molar-refractivity contribution in [3.05, 3.63) is 22.7 Å². The number of nitrogen functional groups attached to an aromatic ring is 1. The molecule has 0 saturated carbocycles. The van der Waals surface area contributed by atoms with Crippen molar-refractivity contribution in [3.63, 3.8) is 0 Å². The van der Waals surface area contributed by atoms with Crippen LogP contribution >= 0.6 is 11.6 Å². The summed E-state index contributed by atoms with van der Waals surface area (Å²) >= 11 is 6.05. The summed E-state index contributed by atoms with van der Waals surface area (Å²) < 4.78 is 5.09. The van der Waals surface area contributed by atoms with E-state index in [-0.39, 0.29) is 0 Å². The second-order valence-corrected chi connectivity index (χ2v) is 4.46. The van der Waals surface area contributed by atoms with Gasteiger partial charge < -0.3 is 15.4 Å². The van der Waals surface area contributed by atoms with Gasteiger partial charge in [0.15, 0.2) is 0 Å². The van der Waals surface area contributed by atoms with Crippen LogP contribution in [0.25, 0.3) is 0 Å². The number of nitrogens with zero attached hydrogens (tertiary/aromatic N) is 2. The zero-order valence-corrected chi connectivity index (χ0v) is 11.5. The van der Waals surface area contributed by atoms with Crippen LogP contribution in [0.4, 0.5) is 11.4 Å². The van der Waals surface area contributed by atoms with Gasteiger partial charge in [0.1, 0.15) is 0 Å². The number of hydrogen-bond acceptors (Lipinski definition) is 4. The molecule has 0 unspecified atom stereocenters. The van der Waals surface area contributed by atoms with Gasteiger partial charge in [0, 0.05) is 25.9 Å². The summed E-state index contributed by atoms with van der Waals surface area (Å²) in [5, 5.41) is 9.24. The summed E-state index contributed by atoms with van der Waals surface area (Å²) in [7, 11) is 1.66. The number of methoxy groups -OCH3 is 1. The summed E-state index contributed by atoms with van der Waals surface area (Å²) in [6, 6.07) is 5.85. The third-order valence-electron chi connectivity index (χ3n) is 2.71. The van der Waals surface area contributed by atoms with Crippen LogP contribution in [-0.4, -0.2) is 26.8 Å². The monoisotopic (exact) mass is 267 g/mol. The summed E-state index contributed by atoms with van der Waals surface area (Å²) in [5.41, 5.74) is 8.38. The molecule has 0 aliphatic rings. The molecule has 0 spiro atoms. The first-order chi connectivity index (χ1) is 8.60. The number of ether oxygens (including phenoxy) is 1. The molecular weight excluding hydrogens is 250 g/mol. The van der Waals surface area contributed by atoms with E-state index in [2.05, 4.69) is 11.0 Å². The molecule has 0 aliphatic heterocycles. The highest BCUT2D eigenvalue weighted by atomic mass is 35.5. The smallest absolute Gasteiger partial charge is 0.0656 e. The summed E-state index contributed by atoms with van der Waals surface area (Å²) in [6.07, 6.45) is 0.463. The van der Waals surface area contributed by atoms with Crippen LogP contribution in [0.15, 0.2) is 12.1 Å². The summed E-state index contributed by atoms with van der Waals surface area (Å²) in [4.78, 5) is 2.09. The molecule has 18 heavy (non-hydrogen) atoms. The molecule has 1 aromatic carbocycles. The zero-order chi connectivity index (χ0) is 13.5. The lowest BCUT2D eigenvalue weighted by Gasteiger charge is -2.25. The summed E-state index contributed by atoms with van der Waals surface area (Å²) in [5.74, 6) is 0. The molecule has 98 valence electrons. The predicted molar refractivity (Wildman–Crippen MR) is 74.9 cm³/mol. The van der Waals surface area contributed by atoms with Crippen molar-refractivity contribution < 1.29 is 4.74 Å². The van der Waals surface area contributed by atoms with Gasteiger partial charge in [-0.15, -0.1) is 0 Å². The van der Waals surface area contributed by atoms with Crippen LogP contribution in [0.1, 0.15) is 12.0 Å². The first kappa shape index (κ1) is 14.6. The quantitative estimate of drug-likeness (QED) is 0.805. The number of benzene rings is 1. The number of rotatable bonds is 6. The van der Waals surface area contributed by atoms with Crippen LogP contribution in [0.5, 0.6) is 0 Å². The molecular formula is C13H18ClN3O. The standard InChI is InChI=1S/C13H18ClN3O/c1-10-8-12(16)11(14)9-13(10)17(5-3-4-15)6-7-18-2/h8-9H,3,5-7,16H2,1-2H3. The molecule has 0 aromatic heterocycles. The molecule has 0 bridgehead atoms. The average Bonchev–Trinajstić information content (AvgIpc) is 2.35. The van der Waals surface area contributed by atoms with Gasteiger partial charge in [0.05, 0.1) is 29.8 Å². The Morgan fingerprint density at radius 2 is 2.17 bits per heavy atom. The second kappa shape index (κ2) is 7.10. The SMILES string of the molecule is COCCN(CCC#N)c1cc(Cl)c(N)cc1C.